The Morgan fingerprint density at radius 3 is 2.56 bits per heavy atom. The largest absolute Gasteiger partial charge is 0.482 e. The first-order valence-corrected chi connectivity index (χ1v) is 12.5. The minimum absolute atomic E-state index is 0.105. The van der Waals surface area contributed by atoms with E-state index in [1.165, 1.54) is 0 Å². The van der Waals surface area contributed by atoms with Gasteiger partial charge in [0.25, 0.3) is 0 Å². The predicted octanol–water partition coefficient (Wildman–Crippen LogP) is 3.30. The van der Waals surface area contributed by atoms with Crippen molar-refractivity contribution in [3.05, 3.63) is 74.3 Å². The second kappa shape index (κ2) is 12.5. The highest BCUT2D eigenvalue weighted by molar-refractivity contribution is 14.1. The number of hydrogen-bond acceptors (Lipinski definition) is 5. The third-order valence-corrected chi connectivity index (χ3v) is 6.75. The number of para-hydroxylation sites is 1. The molecule has 3 unspecified atom stereocenters. The van der Waals surface area contributed by atoms with Crippen LogP contribution < -0.4 is 10.1 Å². The van der Waals surface area contributed by atoms with Gasteiger partial charge in [-0.3, -0.25) is 9.59 Å². The van der Waals surface area contributed by atoms with E-state index in [1.54, 1.807) is 36.1 Å². The van der Waals surface area contributed by atoms with Gasteiger partial charge in [-0.05, 0) is 58.5 Å². The van der Waals surface area contributed by atoms with E-state index < -0.39 is 18.2 Å². The third kappa shape index (κ3) is 6.71. The fourth-order valence-corrected chi connectivity index (χ4v) is 4.49. The number of nitrogens with one attached hydrogen (secondary N) is 1. The minimum atomic E-state index is -1.06. The van der Waals surface area contributed by atoms with Crippen molar-refractivity contribution in [1.82, 2.24) is 10.2 Å². The van der Waals surface area contributed by atoms with Crippen LogP contribution in [0.4, 0.5) is 0 Å². The number of nitrogens with zero attached hydrogens (tertiary/aromatic N) is 1. The molecule has 0 radical (unpaired) electrons. The van der Waals surface area contributed by atoms with Gasteiger partial charge in [0.15, 0.2) is 0 Å². The maximum Gasteiger partial charge on any atom is 0.247 e. The van der Waals surface area contributed by atoms with E-state index in [2.05, 4.69) is 27.9 Å². The normalized spacial score (nSPS) is 19.8. The molecule has 0 spiro atoms. The molecule has 2 aromatic carbocycles. The lowest BCUT2D eigenvalue weighted by atomic mass is 9.87. The Kier molecular flexibility index (Phi) is 9.75. The molecule has 0 heterocycles. The summed E-state index contributed by atoms with van der Waals surface area (Å²) in [5.41, 5.74) is 1.25. The van der Waals surface area contributed by atoms with Gasteiger partial charge in [0.1, 0.15) is 18.0 Å². The standard InChI is InChI=1S/C25H28ClIN2O5/c1-2-23(31)29(15-16-7-9-18(26)10-8-16)20-13-17(25(33)28-11-12-30)14-22(24(20)32)34-21-6-4-3-5-19(21)27/h3-10,14,20,22,24,30,32H,2,11-13,15H2,1H3,(H,28,33). The maximum absolute atomic E-state index is 13.0. The van der Waals surface area contributed by atoms with Crippen LogP contribution in [-0.4, -0.2) is 58.3 Å². The molecule has 0 saturated heterocycles. The fourth-order valence-electron chi connectivity index (χ4n) is 3.85. The quantitative estimate of drug-likeness (QED) is 0.385. The summed E-state index contributed by atoms with van der Waals surface area (Å²) < 4.78 is 6.98. The van der Waals surface area contributed by atoms with Crippen LogP contribution in [0.2, 0.25) is 5.02 Å². The van der Waals surface area contributed by atoms with Gasteiger partial charge >= 0.3 is 0 Å². The van der Waals surface area contributed by atoms with Gasteiger partial charge in [0, 0.05) is 36.5 Å². The molecule has 3 rings (SSSR count). The van der Waals surface area contributed by atoms with Crippen LogP contribution in [0.15, 0.2) is 60.2 Å². The zero-order valence-corrected chi connectivity index (χ0v) is 21.7. The molecule has 0 aromatic heterocycles. The molecule has 0 bridgehead atoms. The van der Waals surface area contributed by atoms with Crippen LogP contribution in [0.1, 0.15) is 25.3 Å². The van der Waals surface area contributed by atoms with E-state index in [-0.39, 0.29) is 44.4 Å². The van der Waals surface area contributed by atoms with Crippen LogP contribution in [0, 0.1) is 3.57 Å². The smallest absolute Gasteiger partial charge is 0.247 e. The van der Waals surface area contributed by atoms with Crippen molar-refractivity contribution in [3.63, 3.8) is 0 Å². The Bertz CT molecular complexity index is 1030. The molecule has 34 heavy (non-hydrogen) atoms. The molecule has 1 aliphatic carbocycles. The fraction of sp³-hybridized carbons (Fsp3) is 0.360. The zero-order valence-electron chi connectivity index (χ0n) is 18.8. The Labute approximate surface area is 217 Å². The minimum Gasteiger partial charge on any atom is -0.482 e. The summed E-state index contributed by atoms with van der Waals surface area (Å²) in [5, 5.41) is 23.7. The lowest BCUT2D eigenvalue weighted by Crippen LogP contribution is -2.54. The number of rotatable bonds is 9. The van der Waals surface area contributed by atoms with Crippen LogP contribution in [0.3, 0.4) is 0 Å². The van der Waals surface area contributed by atoms with Crippen molar-refractivity contribution in [3.8, 4) is 5.75 Å². The van der Waals surface area contributed by atoms with Crippen molar-refractivity contribution in [2.75, 3.05) is 13.2 Å². The van der Waals surface area contributed by atoms with Crippen LogP contribution in [-0.2, 0) is 16.1 Å². The van der Waals surface area contributed by atoms with E-state index in [4.69, 9.17) is 21.4 Å². The van der Waals surface area contributed by atoms with Gasteiger partial charge < -0.3 is 25.2 Å². The van der Waals surface area contributed by atoms with Crippen molar-refractivity contribution in [2.45, 2.75) is 44.6 Å². The summed E-state index contributed by atoms with van der Waals surface area (Å²) in [5.74, 6) is 0.0620. The van der Waals surface area contributed by atoms with Gasteiger partial charge in [-0.1, -0.05) is 42.8 Å². The molecule has 0 aliphatic heterocycles. The summed E-state index contributed by atoms with van der Waals surface area (Å²) >= 11 is 8.15. The molecule has 7 nitrogen and oxygen atoms in total. The van der Waals surface area contributed by atoms with Gasteiger partial charge in [-0.15, -0.1) is 0 Å². The maximum atomic E-state index is 13.0. The summed E-state index contributed by atoms with van der Waals surface area (Å²) in [6.45, 7) is 1.93. The van der Waals surface area contributed by atoms with E-state index in [1.807, 2.05) is 30.3 Å². The van der Waals surface area contributed by atoms with Gasteiger partial charge in [0.05, 0.1) is 16.2 Å². The van der Waals surface area contributed by atoms with Crippen molar-refractivity contribution in [1.29, 1.82) is 0 Å². The van der Waals surface area contributed by atoms with Crippen molar-refractivity contribution >= 4 is 46.0 Å². The van der Waals surface area contributed by atoms with Gasteiger partial charge in [-0.25, -0.2) is 0 Å². The van der Waals surface area contributed by atoms with Gasteiger partial charge in [0.2, 0.25) is 11.8 Å². The second-order valence-electron chi connectivity index (χ2n) is 7.95. The van der Waals surface area contributed by atoms with E-state index >= 15 is 0 Å². The highest BCUT2D eigenvalue weighted by Gasteiger charge is 2.40. The summed E-state index contributed by atoms with van der Waals surface area (Å²) in [7, 11) is 0. The summed E-state index contributed by atoms with van der Waals surface area (Å²) in [6.07, 6.45) is 0.0987. The lowest BCUT2D eigenvalue weighted by molar-refractivity contribution is -0.139. The first-order chi connectivity index (χ1) is 16.3. The van der Waals surface area contributed by atoms with E-state index in [0.29, 0.717) is 16.3 Å². The lowest BCUT2D eigenvalue weighted by Gasteiger charge is -2.40. The number of hydrogen-bond donors (Lipinski definition) is 3. The highest BCUT2D eigenvalue weighted by atomic mass is 127. The van der Waals surface area contributed by atoms with Gasteiger partial charge in [-0.2, -0.15) is 0 Å². The first kappa shape index (κ1) is 26.5. The van der Waals surface area contributed by atoms with Crippen molar-refractivity contribution in [2.24, 2.45) is 0 Å². The number of amides is 2. The van der Waals surface area contributed by atoms with E-state index in [0.717, 1.165) is 9.13 Å². The Balaban J connectivity index is 1.95. The topological polar surface area (TPSA) is 99.1 Å². The van der Waals surface area contributed by atoms with E-state index in [9.17, 15) is 14.7 Å². The number of aliphatic hydroxyl groups is 2. The molecule has 2 amide bonds. The Morgan fingerprint density at radius 1 is 1.21 bits per heavy atom. The molecule has 0 fully saturated rings. The number of carbonyl (C=O) groups is 2. The molecule has 1 aliphatic rings. The molecule has 182 valence electrons. The predicted molar refractivity (Wildman–Crippen MR) is 138 cm³/mol. The molecule has 9 heteroatoms. The van der Waals surface area contributed by atoms with Crippen LogP contribution in [0.25, 0.3) is 0 Å². The van der Waals surface area contributed by atoms with Crippen LogP contribution >= 0.6 is 34.2 Å². The number of benzene rings is 2. The molecular weight excluding hydrogens is 571 g/mol. The van der Waals surface area contributed by atoms with Crippen molar-refractivity contribution < 1.29 is 24.5 Å². The van der Waals surface area contributed by atoms with Crippen LogP contribution in [0.5, 0.6) is 5.75 Å². The second-order valence-corrected chi connectivity index (χ2v) is 9.55. The molecule has 2 aromatic rings. The first-order valence-electron chi connectivity index (χ1n) is 11.1. The molecule has 3 atom stereocenters. The zero-order chi connectivity index (χ0) is 24.7. The molecular formula is C25H28ClIN2O5. The number of halogens is 2. The average molecular weight is 599 g/mol. The Hall–Kier alpha value is -2.14. The molecule has 3 N–H and O–H groups in total. The average Bonchev–Trinajstić information content (AvgIpc) is 2.84. The number of aliphatic hydroxyl groups excluding tert-OH is 2. The highest BCUT2D eigenvalue weighted by Crippen LogP contribution is 2.30. The molecule has 0 saturated carbocycles. The number of carbonyl (C=O) groups excluding carboxylic acids is 2. The SMILES string of the molecule is CCC(=O)N(Cc1ccc(Cl)cc1)C1CC(C(=O)NCCO)=CC(Oc2ccccc2I)C1O. The third-order valence-electron chi connectivity index (χ3n) is 5.60. The Morgan fingerprint density at radius 2 is 1.91 bits per heavy atom. The number of ether oxygens (including phenoxy) is 1. The monoisotopic (exact) mass is 598 g/mol. The summed E-state index contributed by atoms with van der Waals surface area (Å²) in [6, 6.07) is 13.9. The summed E-state index contributed by atoms with van der Waals surface area (Å²) in [4.78, 5) is 27.4.